The predicted molar refractivity (Wildman–Crippen MR) is 71.4 cm³/mol. The molecule has 0 aliphatic heterocycles. The van der Waals surface area contributed by atoms with Gasteiger partial charge in [0.25, 0.3) is 0 Å². The Labute approximate surface area is 120 Å². The maximum atomic E-state index is 12.7. The number of hydrogen-bond donors (Lipinski definition) is 1. The summed E-state index contributed by atoms with van der Waals surface area (Å²) in [5, 5.41) is 2.67. The summed E-state index contributed by atoms with van der Waals surface area (Å²) in [6, 6.07) is 4.86. The van der Waals surface area contributed by atoms with Crippen molar-refractivity contribution in [2.45, 2.75) is 25.4 Å². The van der Waals surface area contributed by atoms with Crippen LogP contribution in [-0.2, 0) is 11.0 Å². The Bertz CT molecular complexity index is 581. The Morgan fingerprint density at radius 3 is 2.43 bits per heavy atom. The first-order valence-corrected chi connectivity index (χ1v) is 7.43. The van der Waals surface area contributed by atoms with Crippen LogP contribution in [0.5, 0.6) is 0 Å². The largest absolute Gasteiger partial charge is 0.416 e. The van der Waals surface area contributed by atoms with E-state index in [9.17, 15) is 18.0 Å². The second-order valence-electron chi connectivity index (χ2n) is 6.58. The summed E-state index contributed by atoms with van der Waals surface area (Å²) >= 11 is 0. The first-order valence-electron chi connectivity index (χ1n) is 7.43. The number of benzene rings is 1. The van der Waals surface area contributed by atoms with E-state index < -0.39 is 11.7 Å². The molecule has 0 aromatic heterocycles. The van der Waals surface area contributed by atoms with Crippen LogP contribution in [0.3, 0.4) is 0 Å². The van der Waals surface area contributed by atoms with Gasteiger partial charge in [0.1, 0.15) is 0 Å². The summed E-state index contributed by atoms with van der Waals surface area (Å²) in [7, 11) is 0. The smallest absolute Gasteiger partial charge is 0.326 e. The van der Waals surface area contributed by atoms with Crippen LogP contribution >= 0.6 is 0 Å². The minimum atomic E-state index is -4.38. The predicted octanol–water partition coefficient (Wildman–Crippen LogP) is 3.94. The number of rotatable bonds is 2. The van der Waals surface area contributed by atoms with Gasteiger partial charge in [-0.1, -0.05) is 6.07 Å². The molecule has 1 aromatic rings. The Kier molecular flexibility index (Phi) is 2.66. The molecule has 0 saturated heterocycles. The van der Waals surface area contributed by atoms with Gasteiger partial charge in [-0.25, -0.2) is 0 Å². The number of halogens is 3. The van der Waals surface area contributed by atoms with Gasteiger partial charge < -0.3 is 5.32 Å². The van der Waals surface area contributed by atoms with Gasteiger partial charge in [-0.05, 0) is 61.1 Å². The zero-order valence-electron chi connectivity index (χ0n) is 11.4. The maximum Gasteiger partial charge on any atom is 0.416 e. The SMILES string of the molecule is O=C(Nc1cccc(C(F)(F)F)c1)C1[C@@H]2[C@H]3CC[C@@H](C3)[C@H]12. The van der Waals surface area contributed by atoms with Crippen molar-refractivity contribution in [1.29, 1.82) is 0 Å². The highest BCUT2D eigenvalue weighted by molar-refractivity contribution is 5.95. The van der Waals surface area contributed by atoms with Crippen molar-refractivity contribution in [1.82, 2.24) is 0 Å². The number of carbonyl (C=O) groups is 1. The zero-order chi connectivity index (χ0) is 14.8. The highest BCUT2D eigenvalue weighted by Gasteiger charge is 2.67. The van der Waals surface area contributed by atoms with E-state index in [-0.39, 0.29) is 17.5 Å². The molecular formula is C16H16F3NO. The molecule has 3 aliphatic carbocycles. The van der Waals surface area contributed by atoms with Gasteiger partial charge >= 0.3 is 6.18 Å². The van der Waals surface area contributed by atoms with Crippen molar-refractivity contribution in [3.63, 3.8) is 0 Å². The lowest BCUT2D eigenvalue weighted by Gasteiger charge is -2.11. The van der Waals surface area contributed by atoms with E-state index in [1.165, 1.54) is 31.4 Å². The molecule has 5 atom stereocenters. The van der Waals surface area contributed by atoms with Crippen LogP contribution < -0.4 is 5.32 Å². The molecule has 1 unspecified atom stereocenters. The average molecular weight is 295 g/mol. The summed E-state index contributed by atoms with van der Waals surface area (Å²) in [4.78, 5) is 12.3. The van der Waals surface area contributed by atoms with Gasteiger partial charge in [0, 0.05) is 11.6 Å². The molecule has 4 rings (SSSR count). The first-order chi connectivity index (χ1) is 9.95. The lowest BCUT2D eigenvalue weighted by molar-refractivity contribution is -0.137. The van der Waals surface area contributed by atoms with Crippen molar-refractivity contribution >= 4 is 11.6 Å². The normalized spacial score (nSPS) is 36.4. The second kappa shape index (κ2) is 4.24. The van der Waals surface area contributed by atoms with Crippen molar-refractivity contribution in [3.05, 3.63) is 29.8 Å². The molecule has 112 valence electrons. The minimum Gasteiger partial charge on any atom is -0.326 e. The molecule has 5 heteroatoms. The first kappa shape index (κ1) is 13.2. The Balaban J connectivity index is 1.46. The molecule has 1 amide bonds. The molecule has 3 fully saturated rings. The number of carbonyl (C=O) groups excluding carboxylic acids is 1. The van der Waals surface area contributed by atoms with Gasteiger partial charge in [0.2, 0.25) is 5.91 Å². The lowest BCUT2D eigenvalue weighted by atomic mass is 10.0. The van der Waals surface area contributed by atoms with Crippen LogP contribution in [0.2, 0.25) is 0 Å². The highest BCUT2D eigenvalue weighted by Crippen LogP contribution is 2.69. The summed E-state index contributed by atoms with van der Waals surface area (Å²) in [5.74, 6) is 2.28. The number of anilines is 1. The Hall–Kier alpha value is -1.52. The molecular weight excluding hydrogens is 279 g/mol. The van der Waals surface area contributed by atoms with Gasteiger partial charge in [-0.15, -0.1) is 0 Å². The Morgan fingerprint density at radius 2 is 1.81 bits per heavy atom. The van der Waals surface area contributed by atoms with Gasteiger partial charge in [0.05, 0.1) is 5.56 Å². The van der Waals surface area contributed by atoms with Gasteiger partial charge in [0.15, 0.2) is 0 Å². The third kappa shape index (κ3) is 2.05. The van der Waals surface area contributed by atoms with E-state index in [4.69, 9.17) is 0 Å². The van der Waals surface area contributed by atoms with Crippen LogP contribution in [0.25, 0.3) is 0 Å². The van der Waals surface area contributed by atoms with Crippen molar-refractivity contribution in [2.75, 3.05) is 5.32 Å². The molecule has 3 aliphatic rings. The third-order valence-corrected chi connectivity index (χ3v) is 5.50. The standard InChI is InChI=1S/C16H16F3NO/c17-16(18,19)10-2-1-3-11(7-10)20-15(21)14-12-8-4-5-9(6-8)13(12)14/h1-3,7-9,12-14H,4-6H2,(H,20,21)/t8-,9-,12-,13+,14?/m0/s1. The molecule has 3 saturated carbocycles. The molecule has 1 N–H and O–H groups in total. The number of hydrogen-bond acceptors (Lipinski definition) is 1. The third-order valence-electron chi connectivity index (χ3n) is 5.50. The van der Waals surface area contributed by atoms with E-state index in [1.54, 1.807) is 0 Å². The zero-order valence-corrected chi connectivity index (χ0v) is 11.4. The Morgan fingerprint density at radius 1 is 1.14 bits per heavy atom. The van der Waals surface area contributed by atoms with Gasteiger partial charge in [-0.3, -0.25) is 4.79 Å². The molecule has 0 heterocycles. The number of nitrogens with one attached hydrogen (secondary N) is 1. The summed E-state index contributed by atoms with van der Waals surface area (Å²) in [6.07, 6.45) is -0.684. The fourth-order valence-electron chi connectivity index (χ4n) is 4.67. The molecule has 2 bridgehead atoms. The van der Waals surface area contributed by atoms with Crippen LogP contribution in [0.4, 0.5) is 18.9 Å². The summed E-state index contributed by atoms with van der Waals surface area (Å²) in [5.41, 5.74) is -0.483. The molecule has 2 nitrogen and oxygen atoms in total. The van der Waals surface area contributed by atoms with Crippen molar-refractivity contribution in [2.24, 2.45) is 29.6 Å². The highest BCUT2D eigenvalue weighted by atomic mass is 19.4. The van der Waals surface area contributed by atoms with Crippen LogP contribution in [0.15, 0.2) is 24.3 Å². The minimum absolute atomic E-state index is 0.0331. The topological polar surface area (TPSA) is 29.1 Å². The lowest BCUT2D eigenvalue weighted by Crippen LogP contribution is -2.19. The quantitative estimate of drug-likeness (QED) is 0.880. The summed E-state index contributed by atoms with van der Waals surface area (Å²) in [6.45, 7) is 0. The monoisotopic (exact) mass is 295 g/mol. The maximum absolute atomic E-state index is 12.7. The van der Waals surface area contributed by atoms with E-state index in [1.807, 2.05) is 0 Å². The fourth-order valence-corrected chi connectivity index (χ4v) is 4.67. The van der Waals surface area contributed by atoms with Crippen LogP contribution in [0.1, 0.15) is 24.8 Å². The van der Waals surface area contributed by atoms with E-state index >= 15 is 0 Å². The van der Waals surface area contributed by atoms with Crippen LogP contribution in [-0.4, -0.2) is 5.91 Å². The fraction of sp³-hybridized carbons (Fsp3) is 0.562. The number of fused-ring (bicyclic) bond motifs is 5. The molecule has 1 aromatic carbocycles. The van der Waals surface area contributed by atoms with E-state index in [0.29, 0.717) is 23.7 Å². The number of amides is 1. The molecule has 21 heavy (non-hydrogen) atoms. The van der Waals surface area contributed by atoms with Crippen molar-refractivity contribution in [3.8, 4) is 0 Å². The van der Waals surface area contributed by atoms with Crippen molar-refractivity contribution < 1.29 is 18.0 Å². The van der Waals surface area contributed by atoms with Crippen LogP contribution in [0, 0.1) is 29.6 Å². The van der Waals surface area contributed by atoms with E-state index in [2.05, 4.69) is 5.32 Å². The van der Waals surface area contributed by atoms with Gasteiger partial charge in [-0.2, -0.15) is 13.2 Å². The second-order valence-corrected chi connectivity index (χ2v) is 6.58. The average Bonchev–Trinajstić information content (AvgIpc) is 2.87. The summed E-state index contributed by atoms with van der Waals surface area (Å²) < 4.78 is 38.0. The molecule has 0 radical (unpaired) electrons. The number of alkyl halides is 3. The molecule has 0 spiro atoms. The van der Waals surface area contributed by atoms with E-state index in [0.717, 1.165) is 12.1 Å².